The molecule has 0 spiro atoms. The van der Waals surface area contributed by atoms with E-state index in [-0.39, 0.29) is 12.1 Å². The Morgan fingerprint density at radius 1 is 1.30 bits per heavy atom. The maximum Gasteiger partial charge on any atom is 0.316 e. The average molecular weight is 311 g/mol. The highest BCUT2D eigenvalue weighted by Crippen LogP contribution is 2.23. The number of benzene rings is 1. The summed E-state index contributed by atoms with van der Waals surface area (Å²) in [5.41, 5.74) is 2.67. The zero-order valence-corrected chi connectivity index (χ0v) is 13.6. The molecule has 120 valence electrons. The van der Waals surface area contributed by atoms with Crippen LogP contribution in [0.5, 0.6) is 0 Å². The molecule has 1 heterocycles. The van der Waals surface area contributed by atoms with Crippen molar-refractivity contribution in [2.24, 2.45) is 0 Å². The van der Waals surface area contributed by atoms with Crippen molar-refractivity contribution in [3.8, 4) is 11.8 Å². The molecule has 0 fully saturated rings. The second-order valence-electron chi connectivity index (χ2n) is 5.19. The van der Waals surface area contributed by atoms with E-state index in [0.717, 1.165) is 29.0 Å². The van der Waals surface area contributed by atoms with Gasteiger partial charge in [0.05, 0.1) is 18.3 Å². The summed E-state index contributed by atoms with van der Waals surface area (Å²) < 4.78 is 5.16. The lowest BCUT2D eigenvalue weighted by atomic mass is 10.0. The molecule has 5 nitrogen and oxygen atoms in total. The minimum Gasteiger partial charge on any atom is -0.361 e. The summed E-state index contributed by atoms with van der Waals surface area (Å²) >= 11 is 0. The van der Waals surface area contributed by atoms with E-state index in [1.54, 1.807) is 0 Å². The summed E-state index contributed by atoms with van der Waals surface area (Å²) in [6.45, 7) is 6.02. The van der Waals surface area contributed by atoms with Crippen LogP contribution in [0.3, 0.4) is 0 Å². The van der Waals surface area contributed by atoms with E-state index in [0.29, 0.717) is 6.54 Å². The Labute approximate surface area is 136 Å². The van der Waals surface area contributed by atoms with E-state index >= 15 is 0 Å². The Hall–Kier alpha value is -2.74. The third-order valence-corrected chi connectivity index (χ3v) is 3.49. The smallest absolute Gasteiger partial charge is 0.316 e. The van der Waals surface area contributed by atoms with Crippen molar-refractivity contribution < 1.29 is 9.32 Å². The quantitative estimate of drug-likeness (QED) is 0.853. The molecule has 2 amide bonds. The van der Waals surface area contributed by atoms with Crippen LogP contribution >= 0.6 is 0 Å². The van der Waals surface area contributed by atoms with Crippen LogP contribution in [0.1, 0.15) is 42.0 Å². The summed E-state index contributed by atoms with van der Waals surface area (Å²) in [6, 6.07) is 9.29. The Morgan fingerprint density at radius 3 is 2.65 bits per heavy atom. The number of urea groups is 1. The van der Waals surface area contributed by atoms with Gasteiger partial charge in [0.25, 0.3) is 0 Å². The molecule has 2 N–H and O–H groups in total. The predicted octanol–water partition coefficient (Wildman–Crippen LogP) is 3.09. The van der Waals surface area contributed by atoms with E-state index in [4.69, 9.17) is 4.52 Å². The highest BCUT2D eigenvalue weighted by Gasteiger charge is 2.20. The van der Waals surface area contributed by atoms with Gasteiger partial charge in [-0.1, -0.05) is 42.1 Å². The zero-order valence-electron chi connectivity index (χ0n) is 13.6. The first kappa shape index (κ1) is 16.6. The number of carbonyl (C=O) groups is 1. The Morgan fingerprint density at radius 2 is 2.04 bits per heavy atom. The number of aromatic nitrogens is 1. The lowest BCUT2D eigenvalue weighted by Gasteiger charge is -2.16. The number of nitrogens with zero attached hydrogens (tertiary/aromatic N) is 1. The monoisotopic (exact) mass is 311 g/mol. The lowest BCUT2D eigenvalue weighted by molar-refractivity contribution is 0.237. The Balaban J connectivity index is 1.88. The molecule has 0 bridgehead atoms. The first-order valence-electron chi connectivity index (χ1n) is 7.62. The highest BCUT2D eigenvalue weighted by atomic mass is 16.5. The third kappa shape index (κ3) is 4.62. The standard InChI is InChI=1S/C18H21N3O2/c1-4-16(17-13(2)21-23-14(17)3)20-18(22)19-12-8-11-15-9-6-5-7-10-15/h5-7,9-10,16H,4,12H2,1-3H3,(H2,19,20,22)/t16-/m0/s1. The molecule has 2 aromatic rings. The van der Waals surface area contributed by atoms with Crippen molar-refractivity contribution in [3.63, 3.8) is 0 Å². The normalized spacial score (nSPS) is 11.3. The fourth-order valence-corrected chi connectivity index (χ4v) is 2.37. The molecule has 1 aromatic heterocycles. The third-order valence-electron chi connectivity index (χ3n) is 3.49. The predicted molar refractivity (Wildman–Crippen MR) is 88.9 cm³/mol. The first-order chi connectivity index (χ1) is 11.1. The zero-order chi connectivity index (χ0) is 16.7. The molecule has 0 unspecified atom stereocenters. The maximum absolute atomic E-state index is 12.0. The van der Waals surface area contributed by atoms with Gasteiger partial charge in [-0.05, 0) is 32.4 Å². The van der Waals surface area contributed by atoms with E-state index in [9.17, 15) is 4.79 Å². The lowest BCUT2D eigenvalue weighted by Crippen LogP contribution is -2.38. The molecule has 1 atom stereocenters. The number of amides is 2. The fraction of sp³-hybridized carbons (Fsp3) is 0.333. The van der Waals surface area contributed by atoms with Gasteiger partial charge in [-0.15, -0.1) is 0 Å². The summed E-state index contributed by atoms with van der Waals surface area (Å²) in [6.07, 6.45) is 0.756. The van der Waals surface area contributed by atoms with Crippen molar-refractivity contribution in [3.05, 3.63) is 52.9 Å². The van der Waals surface area contributed by atoms with Crippen molar-refractivity contribution in [1.82, 2.24) is 15.8 Å². The largest absolute Gasteiger partial charge is 0.361 e. The van der Waals surface area contributed by atoms with Gasteiger partial charge in [-0.2, -0.15) is 0 Å². The van der Waals surface area contributed by atoms with Crippen LogP contribution in [0, 0.1) is 25.7 Å². The fourth-order valence-electron chi connectivity index (χ4n) is 2.37. The minimum atomic E-state index is -0.251. The van der Waals surface area contributed by atoms with Gasteiger partial charge >= 0.3 is 6.03 Å². The van der Waals surface area contributed by atoms with Crippen LogP contribution < -0.4 is 10.6 Å². The molecular weight excluding hydrogens is 290 g/mol. The molecule has 0 aliphatic rings. The van der Waals surface area contributed by atoms with Gasteiger partial charge in [0.1, 0.15) is 5.76 Å². The van der Waals surface area contributed by atoms with Gasteiger partial charge in [0, 0.05) is 11.1 Å². The van der Waals surface area contributed by atoms with Crippen LogP contribution in [0.25, 0.3) is 0 Å². The molecule has 0 aliphatic heterocycles. The number of hydrogen-bond acceptors (Lipinski definition) is 3. The number of rotatable bonds is 4. The van der Waals surface area contributed by atoms with Gasteiger partial charge in [0.15, 0.2) is 0 Å². The molecule has 23 heavy (non-hydrogen) atoms. The molecule has 0 radical (unpaired) electrons. The second-order valence-corrected chi connectivity index (χ2v) is 5.19. The minimum absolute atomic E-state index is 0.122. The summed E-state index contributed by atoms with van der Waals surface area (Å²) in [7, 11) is 0. The molecular formula is C18H21N3O2. The first-order valence-corrected chi connectivity index (χ1v) is 7.62. The van der Waals surface area contributed by atoms with E-state index in [1.165, 1.54) is 0 Å². The van der Waals surface area contributed by atoms with Crippen LogP contribution in [-0.4, -0.2) is 17.7 Å². The topological polar surface area (TPSA) is 67.2 Å². The van der Waals surface area contributed by atoms with Crippen LogP contribution in [0.15, 0.2) is 34.9 Å². The van der Waals surface area contributed by atoms with Gasteiger partial charge in [0.2, 0.25) is 0 Å². The molecule has 1 aromatic carbocycles. The highest BCUT2D eigenvalue weighted by molar-refractivity contribution is 5.74. The van der Waals surface area contributed by atoms with E-state index in [2.05, 4.69) is 27.6 Å². The van der Waals surface area contributed by atoms with Crippen LogP contribution in [-0.2, 0) is 0 Å². The van der Waals surface area contributed by atoms with Gasteiger partial charge in [-0.3, -0.25) is 0 Å². The Kier molecular flexibility index (Phi) is 5.81. The molecule has 0 saturated carbocycles. The number of aryl methyl sites for hydroxylation is 2. The SMILES string of the molecule is CC[C@H](NC(=O)NCC#Cc1ccccc1)c1c(C)noc1C. The second kappa shape index (κ2) is 8.04. The maximum atomic E-state index is 12.0. The van der Waals surface area contributed by atoms with Crippen LogP contribution in [0.4, 0.5) is 4.79 Å². The summed E-state index contributed by atoms with van der Waals surface area (Å²) in [5.74, 6) is 6.66. The molecule has 2 rings (SSSR count). The Bertz CT molecular complexity index is 691. The van der Waals surface area contributed by atoms with E-state index in [1.807, 2.05) is 51.1 Å². The van der Waals surface area contributed by atoms with E-state index < -0.39 is 0 Å². The van der Waals surface area contributed by atoms with Crippen molar-refractivity contribution in [1.29, 1.82) is 0 Å². The molecule has 5 heteroatoms. The van der Waals surface area contributed by atoms with Crippen molar-refractivity contribution >= 4 is 6.03 Å². The van der Waals surface area contributed by atoms with Crippen molar-refractivity contribution in [2.75, 3.05) is 6.54 Å². The van der Waals surface area contributed by atoms with Crippen LogP contribution in [0.2, 0.25) is 0 Å². The average Bonchev–Trinajstić information content (AvgIpc) is 2.89. The van der Waals surface area contributed by atoms with Gasteiger partial charge < -0.3 is 15.2 Å². The van der Waals surface area contributed by atoms with Crippen molar-refractivity contribution in [2.45, 2.75) is 33.2 Å². The summed E-state index contributed by atoms with van der Waals surface area (Å²) in [5, 5.41) is 9.61. The summed E-state index contributed by atoms with van der Waals surface area (Å²) in [4.78, 5) is 12.0. The molecule has 0 saturated heterocycles. The number of nitrogens with one attached hydrogen (secondary N) is 2. The number of hydrogen-bond donors (Lipinski definition) is 2. The molecule has 0 aliphatic carbocycles. The van der Waals surface area contributed by atoms with Gasteiger partial charge in [-0.25, -0.2) is 4.79 Å². The number of carbonyl (C=O) groups excluding carboxylic acids is 1.